The zero-order valence-corrected chi connectivity index (χ0v) is 16.1. The number of H-pyrrole nitrogens is 1. The first-order valence-electron chi connectivity index (χ1n) is 9.51. The first-order valence-corrected chi connectivity index (χ1v) is 9.51. The molecule has 1 aliphatic rings. The minimum Gasteiger partial charge on any atom is -0.477 e. The van der Waals surface area contributed by atoms with Crippen molar-refractivity contribution in [1.82, 2.24) is 14.5 Å². The molecule has 4 aromatic rings. The van der Waals surface area contributed by atoms with E-state index in [-0.39, 0.29) is 28.4 Å². The Hall–Kier alpha value is -3.88. The fraction of sp³-hybridized carbons (Fsp3) is 0.182. The van der Waals surface area contributed by atoms with Crippen LogP contribution in [0.15, 0.2) is 46.2 Å². The number of alkyl halides is 1. The maximum Gasteiger partial charge on any atom is 0.341 e. The third-order valence-corrected chi connectivity index (χ3v) is 5.64. The Labute approximate surface area is 172 Å². The number of fused-ring (bicyclic) bond motifs is 2. The third-order valence-electron chi connectivity index (χ3n) is 5.64. The van der Waals surface area contributed by atoms with Gasteiger partial charge in [0.15, 0.2) is 0 Å². The molecule has 3 heterocycles. The number of carboxylic acids is 1. The SMILES string of the molecule is Cc1c(-c2cnc3[nH]c(=O)ccc3c2)c(F)cc2c(=O)c(C(=O)O)cn([C@@H]3C[C@@H]3F)c12. The van der Waals surface area contributed by atoms with Crippen molar-refractivity contribution < 1.29 is 18.7 Å². The number of aromatic amines is 1. The average molecular weight is 423 g/mol. The molecule has 0 unspecified atom stereocenters. The first kappa shape index (κ1) is 19.1. The highest BCUT2D eigenvalue weighted by molar-refractivity contribution is 5.96. The molecule has 7 nitrogen and oxygen atoms in total. The van der Waals surface area contributed by atoms with E-state index in [0.717, 1.165) is 12.3 Å². The van der Waals surface area contributed by atoms with E-state index in [0.29, 0.717) is 22.2 Å². The minimum absolute atomic E-state index is 0.115. The van der Waals surface area contributed by atoms with E-state index in [2.05, 4.69) is 9.97 Å². The van der Waals surface area contributed by atoms with E-state index in [1.165, 1.54) is 16.8 Å². The second-order valence-corrected chi connectivity index (χ2v) is 7.64. The van der Waals surface area contributed by atoms with E-state index < -0.39 is 35.0 Å². The van der Waals surface area contributed by atoms with Gasteiger partial charge in [0.1, 0.15) is 23.2 Å². The van der Waals surface area contributed by atoms with Gasteiger partial charge in [-0.3, -0.25) is 9.59 Å². The number of nitrogens with one attached hydrogen (secondary N) is 1. The van der Waals surface area contributed by atoms with Crippen LogP contribution >= 0.6 is 0 Å². The van der Waals surface area contributed by atoms with Gasteiger partial charge in [-0.05, 0) is 30.7 Å². The lowest BCUT2D eigenvalue weighted by atomic mass is 9.96. The second-order valence-electron chi connectivity index (χ2n) is 7.64. The maximum absolute atomic E-state index is 15.2. The van der Waals surface area contributed by atoms with Crippen LogP contribution in [-0.4, -0.2) is 31.8 Å². The molecule has 0 saturated heterocycles. The van der Waals surface area contributed by atoms with Crippen LogP contribution in [0.5, 0.6) is 0 Å². The molecule has 31 heavy (non-hydrogen) atoms. The molecule has 0 bridgehead atoms. The number of aryl methyl sites for hydroxylation is 1. The highest BCUT2D eigenvalue weighted by Crippen LogP contribution is 2.42. The van der Waals surface area contributed by atoms with Crippen molar-refractivity contribution in [2.24, 2.45) is 0 Å². The highest BCUT2D eigenvalue weighted by Gasteiger charge is 2.40. The number of hydrogen-bond donors (Lipinski definition) is 2. The largest absolute Gasteiger partial charge is 0.477 e. The van der Waals surface area contributed by atoms with Gasteiger partial charge in [-0.15, -0.1) is 0 Å². The number of carbonyl (C=O) groups is 1. The number of pyridine rings is 3. The number of hydrogen-bond acceptors (Lipinski definition) is 4. The Morgan fingerprint density at radius 1 is 1.29 bits per heavy atom. The van der Waals surface area contributed by atoms with E-state index in [1.807, 2.05) is 0 Å². The number of aromatic carboxylic acids is 1. The quantitative estimate of drug-likeness (QED) is 0.526. The summed E-state index contributed by atoms with van der Waals surface area (Å²) in [6, 6.07) is 4.93. The fourth-order valence-corrected chi connectivity index (χ4v) is 4.06. The molecule has 156 valence electrons. The van der Waals surface area contributed by atoms with E-state index in [9.17, 15) is 23.9 Å². The Balaban J connectivity index is 1.84. The summed E-state index contributed by atoms with van der Waals surface area (Å²) in [5.41, 5.74) is -0.0924. The van der Waals surface area contributed by atoms with Crippen LogP contribution in [0.1, 0.15) is 28.4 Å². The summed E-state index contributed by atoms with van der Waals surface area (Å²) in [5.74, 6) is -2.18. The molecule has 0 spiro atoms. The topological polar surface area (TPSA) is 105 Å². The number of aromatic nitrogens is 3. The molecular weight excluding hydrogens is 408 g/mol. The molecule has 2 N–H and O–H groups in total. The molecule has 0 amide bonds. The van der Waals surface area contributed by atoms with Crippen LogP contribution in [-0.2, 0) is 0 Å². The summed E-state index contributed by atoms with van der Waals surface area (Å²) < 4.78 is 30.5. The summed E-state index contributed by atoms with van der Waals surface area (Å²) in [6.45, 7) is 1.60. The standard InChI is InChI=1S/C22H15F2N3O4/c1-9-18(11-4-10-2-3-17(28)26-21(10)25-7-11)15(24)5-12-19(9)27(16-6-14(16)23)8-13(20(12)29)22(30)31/h2-5,7-8,14,16H,6H2,1H3,(H,30,31)(H,25,26,28)/t14-,16+/m0/s1. The summed E-state index contributed by atoms with van der Waals surface area (Å²) in [7, 11) is 0. The fourth-order valence-electron chi connectivity index (χ4n) is 4.06. The Kier molecular flexibility index (Phi) is 4.04. The second kappa shape index (κ2) is 6.56. The molecule has 0 aliphatic heterocycles. The normalized spacial score (nSPS) is 17.9. The number of halogens is 2. The molecule has 2 atom stereocenters. The number of rotatable bonds is 3. The Morgan fingerprint density at radius 2 is 2.03 bits per heavy atom. The summed E-state index contributed by atoms with van der Waals surface area (Å²) in [6.07, 6.45) is 1.56. The highest BCUT2D eigenvalue weighted by atomic mass is 19.1. The van der Waals surface area contributed by atoms with Crippen LogP contribution in [0.2, 0.25) is 0 Å². The van der Waals surface area contributed by atoms with Crippen molar-refractivity contribution in [2.45, 2.75) is 25.6 Å². The van der Waals surface area contributed by atoms with Gasteiger partial charge in [-0.2, -0.15) is 0 Å². The predicted molar refractivity (Wildman–Crippen MR) is 110 cm³/mol. The smallest absolute Gasteiger partial charge is 0.341 e. The Bertz CT molecular complexity index is 1540. The van der Waals surface area contributed by atoms with Crippen molar-refractivity contribution in [3.8, 4) is 11.1 Å². The number of carboxylic acid groups (broad SMARTS) is 1. The van der Waals surface area contributed by atoms with Crippen molar-refractivity contribution >= 4 is 27.9 Å². The minimum atomic E-state index is -1.45. The monoisotopic (exact) mass is 423 g/mol. The first-order chi connectivity index (χ1) is 14.8. The van der Waals surface area contributed by atoms with Crippen molar-refractivity contribution in [3.63, 3.8) is 0 Å². The van der Waals surface area contributed by atoms with Gasteiger partial charge in [0.2, 0.25) is 11.0 Å². The van der Waals surface area contributed by atoms with Gasteiger partial charge >= 0.3 is 5.97 Å². The molecule has 1 aliphatic carbocycles. The van der Waals surface area contributed by atoms with Crippen LogP contribution in [0.3, 0.4) is 0 Å². The zero-order chi connectivity index (χ0) is 22.0. The van der Waals surface area contributed by atoms with E-state index in [4.69, 9.17) is 0 Å². The van der Waals surface area contributed by atoms with Crippen LogP contribution in [0.4, 0.5) is 8.78 Å². The van der Waals surface area contributed by atoms with E-state index in [1.54, 1.807) is 19.1 Å². The van der Waals surface area contributed by atoms with Crippen molar-refractivity contribution in [3.05, 3.63) is 74.2 Å². The average Bonchev–Trinajstić information content (AvgIpc) is 3.44. The van der Waals surface area contributed by atoms with Gasteiger partial charge in [0.05, 0.1) is 11.6 Å². The van der Waals surface area contributed by atoms with Gasteiger partial charge in [-0.1, -0.05) is 0 Å². The Morgan fingerprint density at radius 3 is 2.71 bits per heavy atom. The molecule has 5 rings (SSSR count). The lowest BCUT2D eigenvalue weighted by molar-refractivity contribution is 0.0694. The number of nitrogens with zero attached hydrogens (tertiary/aromatic N) is 2. The molecule has 3 aromatic heterocycles. The maximum atomic E-state index is 15.2. The molecule has 1 fully saturated rings. The van der Waals surface area contributed by atoms with Crippen molar-refractivity contribution in [2.75, 3.05) is 0 Å². The predicted octanol–water partition coefficient (Wildman–Crippen LogP) is 3.33. The van der Waals surface area contributed by atoms with Gasteiger partial charge in [0.25, 0.3) is 0 Å². The molecule has 0 radical (unpaired) electrons. The summed E-state index contributed by atoms with van der Waals surface area (Å²) >= 11 is 0. The van der Waals surface area contributed by atoms with Crippen molar-refractivity contribution in [1.29, 1.82) is 0 Å². The molecule has 1 aromatic carbocycles. The molecule has 9 heteroatoms. The molecular formula is C22H15F2N3O4. The lowest BCUT2D eigenvalue weighted by Gasteiger charge is -2.17. The number of benzene rings is 1. The van der Waals surface area contributed by atoms with Crippen LogP contribution in [0, 0.1) is 12.7 Å². The van der Waals surface area contributed by atoms with Crippen LogP contribution < -0.4 is 11.0 Å². The van der Waals surface area contributed by atoms with Gasteiger partial charge in [-0.25, -0.2) is 18.6 Å². The summed E-state index contributed by atoms with van der Waals surface area (Å²) in [5, 5.41) is 9.84. The molecule has 1 saturated carbocycles. The lowest BCUT2D eigenvalue weighted by Crippen LogP contribution is -2.20. The van der Waals surface area contributed by atoms with Gasteiger partial charge in [0, 0.05) is 46.8 Å². The zero-order valence-electron chi connectivity index (χ0n) is 16.1. The third kappa shape index (κ3) is 2.92. The van der Waals surface area contributed by atoms with Crippen LogP contribution in [0.25, 0.3) is 33.1 Å². The van der Waals surface area contributed by atoms with Gasteiger partial charge < -0.3 is 14.7 Å². The van der Waals surface area contributed by atoms with E-state index >= 15 is 4.39 Å². The summed E-state index contributed by atoms with van der Waals surface area (Å²) in [4.78, 5) is 42.5.